The molecule has 1 aromatic rings. The summed E-state index contributed by atoms with van der Waals surface area (Å²) in [5, 5.41) is 6.72. The lowest BCUT2D eigenvalue weighted by Gasteiger charge is -2.29. The van der Waals surface area contributed by atoms with Crippen LogP contribution in [-0.4, -0.2) is 42.5 Å². The second-order valence-corrected chi connectivity index (χ2v) is 7.64. The molecule has 0 aliphatic carbocycles. The van der Waals surface area contributed by atoms with Gasteiger partial charge in [0.25, 0.3) is 0 Å². The lowest BCUT2D eigenvalue weighted by Crippen LogP contribution is -2.46. The molecule has 0 bridgehead atoms. The van der Waals surface area contributed by atoms with Crippen LogP contribution in [0.1, 0.15) is 38.7 Å². The SMILES string of the molecule is CC(NC(=O)[C@H]1CCN[C@@H](C)C1)C1CCN(Cc2ccccc2)C1. The number of benzene rings is 1. The Hall–Kier alpha value is -1.39. The Morgan fingerprint density at radius 3 is 2.88 bits per heavy atom. The predicted molar refractivity (Wildman–Crippen MR) is 97.6 cm³/mol. The first kappa shape index (κ1) is 17.4. The second-order valence-electron chi connectivity index (χ2n) is 7.64. The van der Waals surface area contributed by atoms with Gasteiger partial charge in [-0.05, 0) is 57.7 Å². The molecule has 3 rings (SSSR count). The number of carbonyl (C=O) groups is 1. The van der Waals surface area contributed by atoms with Crippen molar-refractivity contribution in [2.45, 2.75) is 51.7 Å². The fraction of sp³-hybridized carbons (Fsp3) is 0.650. The van der Waals surface area contributed by atoms with Crippen molar-refractivity contribution in [2.75, 3.05) is 19.6 Å². The van der Waals surface area contributed by atoms with Crippen LogP contribution in [0.15, 0.2) is 30.3 Å². The summed E-state index contributed by atoms with van der Waals surface area (Å²) in [5.74, 6) is 1.01. The highest BCUT2D eigenvalue weighted by Gasteiger charge is 2.30. The summed E-state index contributed by atoms with van der Waals surface area (Å²) in [5.41, 5.74) is 1.37. The van der Waals surface area contributed by atoms with Gasteiger partial charge in [-0.25, -0.2) is 0 Å². The fourth-order valence-corrected chi connectivity index (χ4v) is 4.09. The number of nitrogens with one attached hydrogen (secondary N) is 2. The Labute approximate surface area is 146 Å². The molecule has 0 saturated carbocycles. The van der Waals surface area contributed by atoms with Crippen LogP contribution in [0.5, 0.6) is 0 Å². The number of carbonyl (C=O) groups excluding carboxylic acids is 1. The molecule has 0 aromatic heterocycles. The van der Waals surface area contributed by atoms with Crippen molar-refractivity contribution in [3.8, 4) is 0 Å². The number of likely N-dealkylation sites (tertiary alicyclic amines) is 1. The molecule has 2 heterocycles. The minimum absolute atomic E-state index is 0.186. The number of hydrogen-bond acceptors (Lipinski definition) is 3. The lowest BCUT2D eigenvalue weighted by atomic mass is 9.91. The van der Waals surface area contributed by atoms with Crippen molar-refractivity contribution in [1.29, 1.82) is 0 Å². The minimum Gasteiger partial charge on any atom is -0.353 e. The molecule has 2 fully saturated rings. The Morgan fingerprint density at radius 2 is 2.12 bits per heavy atom. The quantitative estimate of drug-likeness (QED) is 0.872. The van der Waals surface area contributed by atoms with Gasteiger partial charge < -0.3 is 10.6 Å². The summed E-state index contributed by atoms with van der Waals surface area (Å²) >= 11 is 0. The molecule has 132 valence electrons. The normalized spacial score (nSPS) is 29.3. The fourth-order valence-electron chi connectivity index (χ4n) is 4.09. The van der Waals surface area contributed by atoms with Gasteiger partial charge in [-0.2, -0.15) is 0 Å². The third-order valence-electron chi connectivity index (χ3n) is 5.63. The highest BCUT2D eigenvalue weighted by Crippen LogP contribution is 2.23. The predicted octanol–water partition coefficient (Wildman–Crippen LogP) is 2.40. The molecule has 1 amide bonds. The molecule has 1 aromatic carbocycles. The minimum atomic E-state index is 0.186. The molecule has 2 saturated heterocycles. The van der Waals surface area contributed by atoms with Crippen LogP contribution in [0.2, 0.25) is 0 Å². The van der Waals surface area contributed by atoms with Gasteiger partial charge in [-0.3, -0.25) is 9.69 Å². The zero-order valence-electron chi connectivity index (χ0n) is 15.0. The molecular weight excluding hydrogens is 298 g/mol. The van der Waals surface area contributed by atoms with E-state index in [1.807, 2.05) is 0 Å². The van der Waals surface area contributed by atoms with Crippen LogP contribution in [0, 0.1) is 11.8 Å². The summed E-state index contributed by atoms with van der Waals surface area (Å²) in [7, 11) is 0. The Bertz CT molecular complexity index is 533. The molecule has 0 spiro atoms. The summed E-state index contributed by atoms with van der Waals surface area (Å²) in [6, 6.07) is 11.4. The van der Waals surface area contributed by atoms with Crippen molar-refractivity contribution in [2.24, 2.45) is 11.8 Å². The average Bonchev–Trinajstić information content (AvgIpc) is 3.04. The Balaban J connectivity index is 1.46. The summed E-state index contributed by atoms with van der Waals surface area (Å²) in [6.07, 6.45) is 3.11. The lowest BCUT2D eigenvalue weighted by molar-refractivity contribution is -0.127. The molecule has 24 heavy (non-hydrogen) atoms. The van der Waals surface area contributed by atoms with Crippen molar-refractivity contribution in [3.63, 3.8) is 0 Å². The van der Waals surface area contributed by atoms with Gasteiger partial charge in [-0.1, -0.05) is 30.3 Å². The Morgan fingerprint density at radius 1 is 1.33 bits per heavy atom. The smallest absolute Gasteiger partial charge is 0.223 e. The van der Waals surface area contributed by atoms with E-state index in [9.17, 15) is 4.79 Å². The molecule has 4 atom stereocenters. The standard InChI is InChI=1S/C20H31N3O/c1-15-12-18(8-10-21-15)20(24)22-16(2)19-9-11-23(14-19)13-17-6-4-3-5-7-17/h3-7,15-16,18-19,21H,8-14H2,1-2H3,(H,22,24)/t15-,16?,18-,19?/m0/s1. The van der Waals surface area contributed by atoms with Crippen molar-refractivity contribution < 1.29 is 4.79 Å². The van der Waals surface area contributed by atoms with E-state index in [4.69, 9.17) is 0 Å². The number of rotatable bonds is 5. The van der Waals surface area contributed by atoms with Crippen LogP contribution in [-0.2, 0) is 11.3 Å². The van der Waals surface area contributed by atoms with E-state index < -0.39 is 0 Å². The van der Waals surface area contributed by atoms with Gasteiger partial charge in [0, 0.05) is 31.1 Å². The maximum Gasteiger partial charge on any atom is 0.223 e. The first-order chi connectivity index (χ1) is 11.6. The zero-order chi connectivity index (χ0) is 16.9. The summed E-state index contributed by atoms with van der Waals surface area (Å²) in [6.45, 7) is 8.54. The zero-order valence-corrected chi connectivity index (χ0v) is 15.0. The van der Waals surface area contributed by atoms with E-state index in [1.165, 1.54) is 12.0 Å². The molecule has 2 N–H and O–H groups in total. The van der Waals surface area contributed by atoms with Gasteiger partial charge in [0.1, 0.15) is 0 Å². The summed E-state index contributed by atoms with van der Waals surface area (Å²) in [4.78, 5) is 15.0. The van der Waals surface area contributed by atoms with E-state index in [2.05, 4.69) is 59.7 Å². The maximum absolute atomic E-state index is 12.5. The molecule has 4 nitrogen and oxygen atoms in total. The van der Waals surface area contributed by atoms with Crippen LogP contribution in [0.3, 0.4) is 0 Å². The van der Waals surface area contributed by atoms with Crippen LogP contribution < -0.4 is 10.6 Å². The van der Waals surface area contributed by atoms with Crippen molar-refractivity contribution in [3.05, 3.63) is 35.9 Å². The number of amides is 1. The van der Waals surface area contributed by atoms with Crippen molar-refractivity contribution in [1.82, 2.24) is 15.5 Å². The van der Waals surface area contributed by atoms with Gasteiger partial charge in [-0.15, -0.1) is 0 Å². The third kappa shape index (κ3) is 4.58. The van der Waals surface area contributed by atoms with Gasteiger partial charge in [0.2, 0.25) is 5.91 Å². The van der Waals surface area contributed by atoms with Gasteiger partial charge >= 0.3 is 0 Å². The average molecular weight is 329 g/mol. The number of piperidine rings is 1. The molecule has 4 heteroatoms. The van der Waals surface area contributed by atoms with E-state index in [-0.39, 0.29) is 17.9 Å². The van der Waals surface area contributed by atoms with Gasteiger partial charge in [0.15, 0.2) is 0 Å². The molecule has 0 radical (unpaired) electrons. The highest BCUT2D eigenvalue weighted by atomic mass is 16.1. The number of nitrogens with zero attached hydrogens (tertiary/aromatic N) is 1. The molecular formula is C20H31N3O. The monoisotopic (exact) mass is 329 g/mol. The number of hydrogen-bond donors (Lipinski definition) is 2. The van der Waals surface area contributed by atoms with Crippen molar-refractivity contribution >= 4 is 5.91 Å². The van der Waals surface area contributed by atoms with Crippen LogP contribution >= 0.6 is 0 Å². The largest absolute Gasteiger partial charge is 0.353 e. The second kappa shape index (κ2) is 8.13. The topological polar surface area (TPSA) is 44.4 Å². The Kier molecular flexibility index (Phi) is 5.90. The van der Waals surface area contributed by atoms with Crippen LogP contribution in [0.25, 0.3) is 0 Å². The highest BCUT2D eigenvalue weighted by molar-refractivity contribution is 5.79. The van der Waals surface area contributed by atoms with Gasteiger partial charge in [0.05, 0.1) is 0 Å². The van der Waals surface area contributed by atoms with E-state index in [1.54, 1.807) is 0 Å². The van der Waals surface area contributed by atoms with Crippen LogP contribution in [0.4, 0.5) is 0 Å². The molecule has 2 aliphatic heterocycles. The van der Waals surface area contributed by atoms with E-state index in [0.29, 0.717) is 12.0 Å². The summed E-state index contributed by atoms with van der Waals surface area (Å²) < 4.78 is 0. The first-order valence-electron chi connectivity index (χ1n) is 9.42. The third-order valence-corrected chi connectivity index (χ3v) is 5.63. The molecule has 2 aliphatic rings. The van der Waals surface area contributed by atoms with E-state index in [0.717, 1.165) is 39.0 Å². The molecule has 2 unspecified atom stereocenters. The maximum atomic E-state index is 12.5. The van der Waals surface area contributed by atoms with E-state index >= 15 is 0 Å². The first-order valence-corrected chi connectivity index (χ1v) is 9.42.